The Morgan fingerprint density at radius 1 is 1.10 bits per heavy atom. The Balaban J connectivity index is 0.00000111. The number of nitrogens with one attached hydrogen (secondary N) is 2. The van der Waals surface area contributed by atoms with E-state index in [1.165, 1.54) is 12.1 Å². The summed E-state index contributed by atoms with van der Waals surface area (Å²) in [7, 11) is 2.12. The lowest BCUT2D eigenvalue weighted by Crippen LogP contribution is -2.38. The number of amides is 1. The summed E-state index contributed by atoms with van der Waals surface area (Å²) in [6.07, 6.45) is 3.71. The highest BCUT2D eigenvalue weighted by molar-refractivity contribution is 5.84. The molecule has 2 unspecified atom stereocenters. The van der Waals surface area contributed by atoms with Crippen LogP contribution < -0.4 is 5.32 Å². The van der Waals surface area contributed by atoms with E-state index in [1.54, 1.807) is 0 Å². The minimum Gasteiger partial charge on any atom is -0.462 e. The number of likely N-dealkylation sites (N-methyl/N-ethyl adjacent to an activating group) is 1. The molecule has 4 rings (SSSR count). The van der Waals surface area contributed by atoms with E-state index in [0.717, 1.165) is 41.4 Å². The van der Waals surface area contributed by atoms with Crippen LogP contribution in [0.1, 0.15) is 92.2 Å². The molecule has 2 N–H and O–H groups in total. The van der Waals surface area contributed by atoms with Gasteiger partial charge in [-0.15, -0.1) is 0 Å². The van der Waals surface area contributed by atoms with Crippen molar-refractivity contribution in [2.45, 2.75) is 99.3 Å². The third-order valence-corrected chi connectivity index (χ3v) is 6.20. The molecule has 1 fully saturated rings. The second-order valence-electron chi connectivity index (χ2n) is 10.00. The summed E-state index contributed by atoms with van der Waals surface area (Å²) in [6, 6.07) is 14.7. The van der Waals surface area contributed by atoms with Crippen molar-refractivity contribution in [2.75, 3.05) is 20.1 Å². The Hall–Kier alpha value is -3.39. The highest BCUT2D eigenvalue weighted by Crippen LogP contribution is 2.34. The SMILES string of the molecule is CC.CC.CC.CC(C)(C)OC=O.CN1CCCC1C(CNC(=O)OCc1ccccc1)c1c[nH]c2cc(F)ccc12. The van der Waals surface area contributed by atoms with Gasteiger partial charge in [-0.1, -0.05) is 71.9 Å². The number of benzene rings is 2. The van der Waals surface area contributed by atoms with Gasteiger partial charge in [0.2, 0.25) is 0 Å². The van der Waals surface area contributed by atoms with Crippen molar-refractivity contribution < 1.29 is 23.5 Å². The number of carbonyl (C=O) groups excluding carboxylic acids is 2. The maximum atomic E-state index is 13.6. The minimum atomic E-state index is -0.426. The second-order valence-corrected chi connectivity index (χ2v) is 10.00. The number of likely N-dealkylation sites (tertiary alicyclic amines) is 1. The molecule has 1 amide bonds. The van der Waals surface area contributed by atoms with Gasteiger partial charge < -0.3 is 24.7 Å². The summed E-state index contributed by atoms with van der Waals surface area (Å²) in [5.41, 5.74) is 2.51. The Morgan fingerprint density at radius 2 is 1.74 bits per heavy atom. The molecule has 0 aliphatic carbocycles. The van der Waals surface area contributed by atoms with Gasteiger partial charge in [0.05, 0.1) is 0 Å². The van der Waals surface area contributed by atoms with E-state index >= 15 is 0 Å². The van der Waals surface area contributed by atoms with Crippen LogP contribution in [-0.2, 0) is 20.9 Å². The van der Waals surface area contributed by atoms with E-state index in [1.807, 2.05) is 105 Å². The molecule has 2 aromatic carbocycles. The molecule has 2 heterocycles. The van der Waals surface area contributed by atoms with Gasteiger partial charge >= 0.3 is 6.09 Å². The van der Waals surface area contributed by atoms with Gasteiger partial charge in [0.15, 0.2) is 0 Å². The highest BCUT2D eigenvalue weighted by Gasteiger charge is 2.32. The lowest BCUT2D eigenvalue weighted by Gasteiger charge is -2.29. The summed E-state index contributed by atoms with van der Waals surface area (Å²) < 4.78 is 23.5. The first-order valence-corrected chi connectivity index (χ1v) is 15.2. The molecule has 2 atom stereocenters. The third kappa shape index (κ3) is 13.5. The smallest absolute Gasteiger partial charge is 0.407 e. The van der Waals surface area contributed by atoms with Crippen molar-refractivity contribution in [3.05, 3.63) is 71.7 Å². The summed E-state index contributed by atoms with van der Waals surface area (Å²) in [5, 5.41) is 3.94. The number of nitrogens with zero attached hydrogens (tertiary/aromatic N) is 1. The average Bonchev–Trinajstić information content (AvgIpc) is 3.61. The van der Waals surface area contributed by atoms with Crippen LogP contribution in [0.15, 0.2) is 54.7 Å². The molecule has 3 aromatic rings. The number of rotatable bonds is 7. The Bertz CT molecular complexity index is 1130. The zero-order valence-corrected chi connectivity index (χ0v) is 27.4. The fraction of sp³-hybridized carbons (Fsp3) is 0.529. The number of hydrogen-bond acceptors (Lipinski definition) is 5. The second kappa shape index (κ2) is 21.3. The summed E-state index contributed by atoms with van der Waals surface area (Å²) in [6.45, 7) is 19.7. The van der Waals surface area contributed by atoms with Gasteiger partial charge in [-0.05, 0) is 76.5 Å². The molecule has 1 saturated heterocycles. The molecular weight excluding hydrogens is 533 g/mol. The van der Waals surface area contributed by atoms with Gasteiger partial charge in [-0.3, -0.25) is 4.79 Å². The third-order valence-electron chi connectivity index (χ3n) is 6.20. The molecule has 7 nitrogen and oxygen atoms in total. The fourth-order valence-electron chi connectivity index (χ4n) is 4.44. The van der Waals surface area contributed by atoms with Gasteiger partial charge in [0.25, 0.3) is 6.47 Å². The lowest BCUT2D eigenvalue weighted by atomic mass is 9.89. The summed E-state index contributed by atoms with van der Waals surface area (Å²) in [4.78, 5) is 27.4. The number of H-pyrrole nitrogens is 1. The number of alkyl carbamates (subject to hydrolysis) is 1. The predicted octanol–water partition coefficient (Wildman–Crippen LogP) is 8.45. The van der Waals surface area contributed by atoms with Crippen LogP contribution in [-0.4, -0.2) is 54.2 Å². The number of halogens is 1. The highest BCUT2D eigenvalue weighted by atomic mass is 19.1. The Labute approximate surface area is 253 Å². The zero-order valence-electron chi connectivity index (χ0n) is 27.4. The van der Waals surface area contributed by atoms with Crippen molar-refractivity contribution >= 4 is 23.5 Å². The molecule has 236 valence electrons. The van der Waals surface area contributed by atoms with E-state index in [2.05, 4.69) is 27.0 Å². The van der Waals surface area contributed by atoms with E-state index in [0.29, 0.717) is 19.1 Å². The molecule has 0 bridgehead atoms. The maximum Gasteiger partial charge on any atom is 0.407 e. The molecule has 1 aliphatic rings. The number of hydrogen-bond donors (Lipinski definition) is 2. The molecule has 1 aromatic heterocycles. The largest absolute Gasteiger partial charge is 0.462 e. The van der Waals surface area contributed by atoms with Crippen LogP contribution in [0.25, 0.3) is 10.9 Å². The first kappa shape index (κ1) is 38.6. The van der Waals surface area contributed by atoms with Gasteiger partial charge in [0.1, 0.15) is 18.0 Å². The number of fused-ring (bicyclic) bond motifs is 1. The van der Waals surface area contributed by atoms with Crippen molar-refractivity contribution in [2.24, 2.45) is 0 Å². The van der Waals surface area contributed by atoms with Gasteiger partial charge in [-0.25, -0.2) is 9.18 Å². The van der Waals surface area contributed by atoms with Crippen molar-refractivity contribution in [1.82, 2.24) is 15.2 Å². The number of aromatic amines is 1. The summed E-state index contributed by atoms with van der Waals surface area (Å²) >= 11 is 0. The van der Waals surface area contributed by atoms with Gasteiger partial charge in [0, 0.05) is 35.6 Å². The summed E-state index contributed by atoms with van der Waals surface area (Å²) in [5.74, 6) is -0.172. The Morgan fingerprint density at radius 3 is 2.26 bits per heavy atom. The van der Waals surface area contributed by atoms with E-state index in [9.17, 15) is 14.0 Å². The van der Waals surface area contributed by atoms with E-state index in [-0.39, 0.29) is 23.9 Å². The Kier molecular flexibility index (Phi) is 19.6. The van der Waals surface area contributed by atoms with Crippen molar-refractivity contribution in [1.29, 1.82) is 0 Å². The van der Waals surface area contributed by atoms with E-state index < -0.39 is 6.09 Å². The fourth-order valence-corrected chi connectivity index (χ4v) is 4.44. The first-order valence-electron chi connectivity index (χ1n) is 15.2. The van der Waals surface area contributed by atoms with Crippen LogP contribution in [0.4, 0.5) is 9.18 Å². The van der Waals surface area contributed by atoms with Crippen LogP contribution >= 0.6 is 0 Å². The lowest BCUT2D eigenvalue weighted by molar-refractivity contribution is -0.138. The number of ether oxygens (including phenoxy) is 2. The predicted molar refractivity (Wildman–Crippen MR) is 172 cm³/mol. The number of carbonyl (C=O) groups is 2. The first-order chi connectivity index (χ1) is 20.2. The molecule has 0 spiro atoms. The molecule has 1 aliphatic heterocycles. The van der Waals surface area contributed by atoms with Crippen LogP contribution in [0, 0.1) is 5.82 Å². The quantitative estimate of drug-likeness (QED) is 0.271. The monoisotopic (exact) mass is 587 g/mol. The van der Waals surface area contributed by atoms with E-state index in [4.69, 9.17) is 4.74 Å². The van der Waals surface area contributed by atoms with Crippen LogP contribution in [0.2, 0.25) is 0 Å². The van der Waals surface area contributed by atoms with Crippen LogP contribution in [0.5, 0.6) is 0 Å². The maximum absolute atomic E-state index is 13.6. The van der Waals surface area contributed by atoms with Crippen molar-refractivity contribution in [3.63, 3.8) is 0 Å². The van der Waals surface area contributed by atoms with Gasteiger partial charge in [-0.2, -0.15) is 0 Å². The standard InChI is InChI=1S/C23H26FN3O2.C5H10O2.3C2H6/c1-27-11-5-8-22(27)20(19-13-25-21-12-17(24)9-10-18(19)21)14-26-23(28)29-15-16-6-3-2-4-7-16;1-5(2,3)7-4-6;3*1-2/h2-4,6-7,9-10,12-13,20,22,25H,5,8,11,14-15H2,1H3,(H,26,28);4H,1-3H3;3*1-2H3. The molecule has 0 saturated carbocycles. The molecule has 0 radical (unpaired) electrons. The molecular formula is C34H54FN3O4. The normalized spacial score (nSPS) is 14.7. The zero-order chi connectivity index (χ0) is 32.1. The van der Waals surface area contributed by atoms with Crippen LogP contribution in [0.3, 0.4) is 0 Å². The molecule has 8 heteroatoms. The number of aromatic nitrogens is 1. The van der Waals surface area contributed by atoms with Crippen molar-refractivity contribution in [3.8, 4) is 0 Å². The topological polar surface area (TPSA) is 83.7 Å². The minimum absolute atomic E-state index is 0.0889. The average molecular weight is 588 g/mol. The molecule has 42 heavy (non-hydrogen) atoms.